The average Bonchev–Trinajstić information content (AvgIpc) is 2.96. The second-order valence-corrected chi connectivity index (χ2v) is 4.83. The van der Waals surface area contributed by atoms with Gasteiger partial charge in [-0.1, -0.05) is 17.3 Å². The standard InChI is InChI=1S/C13H9F4N3O2/c14-8-5-9(8)18-11(21)7-3-1-6(2-4-7)10-19-12(22-20-10)13(15,16)17/h1-4,8-9H,5H2,(H,18,21). The van der Waals surface area contributed by atoms with Gasteiger partial charge in [0.2, 0.25) is 5.82 Å². The van der Waals surface area contributed by atoms with Crippen molar-refractivity contribution in [3.63, 3.8) is 0 Å². The maximum atomic E-state index is 12.7. The highest BCUT2D eigenvalue weighted by Crippen LogP contribution is 2.29. The molecule has 0 saturated heterocycles. The lowest BCUT2D eigenvalue weighted by atomic mass is 10.1. The molecule has 1 amide bonds. The normalized spacial score (nSPS) is 20.7. The highest BCUT2D eigenvalue weighted by Gasteiger charge is 2.39. The predicted molar refractivity (Wildman–Crippen MR) is 65.5 cm³/mol. The zero-order valence-corrected chi connectivity index (χ0v) is 10.9. The van der Waals surface area contributed by atoms with Crippen LogP contribution in [0.1, 0.15) is 22.7 Å². The molecule has 3 rings (SSSR count). The summed E-state index contributed by atoms with van der Waals surface area (Å²) in [4.78, 5) is 15.0. The van der Waals surface area contributed by atoms with Crippen molar-refractivity contribution in [3.8, 4) is 11.4 Å². The van der Waals surface area contributed by atoms with Gasteiger partial charge in [0, 0.05) is 17.5 Å². The number of hydrogen-bond acceptors (Lipinski definition) is 4. The van der Waals surface area contributed by atoms with Gasteiger partial charge in [0.05, 0.1) is 6.04 Å². The van der Waals surface area contributed by atoms with Gasteiger partial charge in [-0.05, 0) is 12.1 Å². The Balaban J connectivity index is 1.73. The van der Waals surface area contributed by atoms with Crippen LogP contribution in [0.25, 0.3) is 11.4 Å². The van der Waals surface area contributed by atoms with Crippen LogP contribution < -0.4 is 5.32 Å². The first-order valence-electron chi connectivity index (χ1n) is 6.31. The molecule has 5 nitrogen and oxygen atoms in total. The van der Waals surface area contributed by atoms with Crippen LogP contribution in [0.3, 0.4) is 0 Å². The van der Waals surface area contributed by atoms with Crippen LogP contribution in [0.5, 0.6) is 0 Å². The highest BCUT2D eigenvalue weighted by atomic mass is 19.4. The molecule has 1 heterocycles. The summed E-state index contributed by atoms with van der Waals surface area (Å²) in [5, 5.41) is 5.73. The van der Waals surface area contributed by atoms with Gasteiger partial charge in [-0.2, -0.15) is 18.2 Å². The van der Waals surface area contributed by atoms with Crippen molar-refractivity contribution in [1.82, 2.24) is 15.5 Å². The molecule has 1 aliphatic rings. The summed E-state index contributed by atoms with van der Waals surface area (Å²) in [6.07, 6.45) is -5.42. The number of halogens is 4. The third-order valence-corrected chi connectivity index (χ3v) is 3.10. The van der Waals surface area contributed by atoms with Crippen molar-refractivity contribution in [2.45, 2.75) is 24.8 Å². The van der Waals surface area contributed by atoms with Crippen molar-refractivity contribution in [1.29, 1.82) is 0 Å². The molecular formula is C13H9F4N3O2. The van der Waals surface area contributed by atoms with Gasteiger partial charge in [-0.3, -0.25) is 4.79 Å². The molecule has 9 heteroatoms. The fraction of sp³-hybridized carbons (Fsp3) is 0.308. The molecule has 1 aliphatic carbocycles. The largest absolute Gasteiger partial charge is 0.471 e. The number of nitrogens with zero attached hydrogens (tertiary/aromatic N) is 2. The van der Waals surface area contributed by atoms with E-state index in [-0.39, 0.29) is 17.0 Å². The third-order valence-electron chi connectivity index (χ3n) is 3.10. The van der Waals surface area contributed by atoms with Crippen LogP contribution in [-0.4, -0.2) is 28.3 Å². The molecule has 1 aromatic carbocycles. The maximum absolute atomic E-state index is 12.7. The van der Waals surface area contributed by atoms with Crippen LogP contribution in [0.2, 0.25) is 0 Å². The van der Waals surface area contributed by atoms with E-state index in [1.807, 2.05) is 0 Å². The fourth-order valence-electron chi connectivity index (χ4n) is 1.79. The molecule has 22 heavy (non-hydrogen) atoms. The minimum atomic E-state index is -4.71. The molecule has 0 spiro atoms. The Bertz CT molecular complexity index is 696. The summed E-state index contributed by atoms with van der Waals surface area (Å²) in [5.74, 6) is -2.11. The number of hydrogen-bond donors (Lipinski definition) is 1. The first-order valence-corrected chi connectivity index (χ1v) is 6.31. The molecule has 116 valence electrons. The van der Waals surface area contributed by atoms with E-state index in [2.05, 4.69) is 20.0 Å². The van der Waals surface area contributed by atoms with Gasteiger partial charge in [-0.25, -0.2) is 4.39 Å². The van der Waals surface area contributed by atoms with Gasteiger partial charge in [-0.15, -0.1) is 0 Å². The molecule has 2 aromatic rings. The van der Waals surface area contributed by atoms with Crippen molar-refractivity contribution in [2.24, 2.45) is 0 Å². The molecule has 2 unspecified atom stereocenters. The molecular weight excluding hydrogens is 306 g/mol. The van der Waals surface area contributed by atoms with Crippen LogP contribution in [-0.2, 0) is 6.18 Å². The molecule has 0 aliphatic heterocycles. The first-order chi connectivity index (χ1) is 10.3. The topological polar surface area (TPSA) is 68.0 Å². The van der Waals surface area contributed by atoms with Crippen molar-refractivity contribution in [2.75, 3.05) is 0 Å². The Labute approximate surface area is 121 Å². The Morgan fingerprint density at radius 2 is 1.91 bits per heavy atom. The number of carbonyl (C=O) groups excluding carboxylic acids is 1. The molecule has 0 radical (unpaired) electrons. The van der Waals surface area contributed by atoms with E-state index in [4.69, 9.17) is 0 Å². The fourth-order valence-corrected chi connectivity index (χ4v) is 1.79. The summed E-state index contributed by atoms with van der Waals surface area (Å²) < 4.78 is 53.9. The Morgan fingerprint density at radius 1 is 1.27 bits per heavy atom. The molecule has 2 atom stereocenters. The number of benzene rings is 1. The predicted octanol–water partition coefficient (Wildman–Crippen LogP) is 2.60. The summed E-state index contributed by atoms with van der Waals surface area (Å²) in [6, 6.07) is 5.10. The van der Waals surface area contributed by atoms with E-state index in [9.17, 15) is 22.4 Å². The number of amides is 1. The van der Waals surface area contributed by atoms with E-state index >= 15 is 0 Å². The highest BCUT2D eigenvalue weighted by molar-refractivity contribution is 5.95. The van der Waals surface area contributed by atoms with Crippen molar-refractivity contribution < 1.29 is 26.9 Å². The number of aromatic nitrogens is 2. The van der Waals surface area contributed by atoms with E-state index in [1.54, 1.807) is 0 Å². The lowest BCUT2D eigenvalue weighted by Gasteiger charge is -2.03. The van der Waals surface area contributed by atoms with Crippen LogP contribution >= 0.6 is 0 Å². The molecule has 0 bridgehead atoms. The average molecular weight is 315 g/mol. The second-order valence-electron chi connectivity index (χ2n) is 4.83. The molecule has 1 saturated carbocycles. The third kappa shape index (κ3) is 2.92. The zero-order chi connectivity index (χ0) is 15.9. The summed E-state index contributed by atoms with van der Waals surface area (Å²) in [6.45, 7) is 0. The lowest BCUT2D eigenvalue weighted by Crippen LogP contribution is -2.26. The van der Waals surface area contributed by atoms with E-state index in [0.717, 1.165) is 0 Å². The van der Waals surface area contributed by atoms with E-state index in [1.165, 1.54) is 24.3 Å². The zero-order valence-electron chi connectivity index (χ0n) is 10.9. The van der Waals surface area contributed by atoms with Crippen molar-refractivity contribution in [3.05, 3.63) is 35.7 Å². The monoisotopic (exact) mass is 315 g/mol. The van der Waals surface area contributed by atoms with Gasteiger partial charge in [0.25, 0.3) is 5.91 Å². The maximum Gasteiger partial charge on any atom is 0.471 e. The Kier molecular flexibility index (Phi) is 3.34. The molecule has 1 aromatic heterocycles. The summed E-state index contributed by atoms with van der Waals surface area (Å²) in [5.41, 5.74) is 0.535. The van der Waals surface area contributed by atoms with Gasteiger partial charge in [0.15, 0.2) is 0 Å². The minimum absolute atomic E-state index is 0.231. The second kappa shape index (κ2) is 5.08. The molecule has 1 fully saturated rings. The Morgan fingerprint density at radius 3 is 2.41 bits per heavy atom. The van der Waals surface area contributed by atoms with E-state index < -0.39 is 30.2 Å². The van der Waals surface area contributed by atoms with Gasteiger partial charge >= 0.3 is 12.1 Å². The minimum Gasteiger partial charge on any atom is -0.346 e. The van der Waals surface area contributed by atoms with Crippen LogP contribution in [0, 0.1) is 0 Å². The number of nitrogens with one attached hydrogen (secondary N) is 1. The van der Waals surface area contributed by atoms with Gasteiger partial charge < -0.3 is 9.84 Å². The summed E-state index contributed by atoms with van der Waals surface area (Å²) >= 11 is 0. The number of alkyl halides is 4. The number of carbonyl (C=O) groups is 1. The lowest BCUT2D eigenvalue weighted by molar-refractivity contribution is -0.159. The van der Waals surface area contributed by atoms with Crippen LogP contribution in [0.15, 0.2) is 28.8 Å². The first kappa shape index (κ1) is 14.5. The van der Waals surface area contributed by atoms with Crippen molar-refractivity contribution >= 4 is 5.91 Å². The van der Waals surface area contributed by atoms with Crippen LogP contribution in [0.4, 0.5) is 17.6 Å². The molecule has 1 N–H and O–H groups in total. The quantitative estimate of drug-likeness (QED) is 0.884. The number of rotatable bonds is 3. The van der Waals surface area contributed by atoms with Gasteiger partial charge in [0.1, 0.15) is 6.17 Å². The smallest absolute Gasteiger partial charge is 0.346 e. The summed E-state index contributed by atoms with van der Waals surface area (Å²) in [7, 11) is 0. The SMILES string of the molecule is O=C(NC1CC1F)c1ccc(-c2noc(C(F)(F)F)n2)cc1. The van der Waals surface area contributed by atoms with E-state index in [0.29, 0.717) is 6.42 Å². The Hall–Kier alpha value is -2.45.